The molecule has 2 heterocycles. The zero-order chi connectivity index (χ0) is 14.5. The zero-order valence-electron chi connectivity index (χ0n) is 12.2. The van der Waals surface area contributed by atoms with E-state index in [-0.39, 0.29) is 5.91 Å². The van der Waals surface area contributed by atoms with Gasteiger partial charge in [-0.3, -0.25) is 9.69 Å². The molecule has 0 radical (unpaired) electrons. The molecule has 1 amide bonds. The van der Waals surface area contributed by atoms with Crippen LogP contribution in [0.25, 0.3) is 0 Å². The molecule has 1 aromatic heterocycles. The Morgan fingerprint density at radius 2 is 2.40 bits per heavy atom. The highest BCUT2D eigenvalue weighted by atomic mass is 32.1. The highest BCUT2D eigenvalue weighted by Gasteiger charge is 2.27. The SMILES string of the molecule is C#CCN1CCC(N(C)C(C)c2cccs2)CCC1=O. The summed E-state index contributed by atoms with van der Waals surface area (Å²) in [5.41, 5.74) is 0. The fourth-order valence-electron chi connectivity index (χ4n) is 2.75. The van der Waals surface area contributed by atoms with Gasteiger partial charge in [-0.15, -0.1) is 17.8 Å². The van der Waals surface area contributed by atoms with E-state index in [4.69, 9.17) is 6.42 Å². The third-order valence-corrected chi connectivity index (χ3v) is 5.24. The molecule has 0 bridgehead atoms. The first-order chi connectivity index (χ1) is 9.63. The predicted octanol–water partition coefficient (Wildman–Crippen LogP) is 2.76. The molecule has 1 saturated heterocycles. The van der Waals surface area contributed by atoms with E-state index in [0.29, 0.717) is 25.0 Å². The number of hydrogen-bond acceptors (Lipinski definition) is 3. The van der Waals surface area contributed by atoms with E-state index in [9.17, 15) is 4.79 Å². The molecular weight excluding hydrogens is 268 g/mol. The normalized spacial score (nSPS) is 21.6. The van der Waals surface area contributed by atoms with Gasteiger partial charge in [0.05, 0.1) is 6.54 Å². The Morgan fingerprint density at radius 1 is 1.60 bits per heavy atom. The number of terminal acetylenes is 1. The topological polar surface area (TPSA) is 23.6 Å². The summed E-state index contributed by atoms with van der Waals surface area (Å²) in [6.45, 7) is 3.45. The lowest BCUT2D eigenvalue weighted by atomic mass is 10.1. The van der Waals surface area contributed by atoms with E-state index in [0.717, 1.165) is 19.4 Å². The van der Waals surface area contributed by atoms with Crippen molar-refractivity contribution >= 4 is 17.2 Å². The van der Waals surface area contributed by atoms with Crippen LogP contribution >= 0.6 is 11.3 Å². The van der Waals surface area contributed by atoms with Crippen LogP contribution in [0.1, 0.15) is 37.1 Å². The van der Waals surface area contributed by atoms with Crippen LogP contribution in [-0.4, -0.2) is 41.9 Å². The zero-order valence-corrected chi connectivity index (χ0v) is 13.0. The average molecular weight is 290 g/mol. The number of rotatable bonds is 4. The highest BCUT2D eigenvalue weighted by molar-refractivity contribution is 7.10. The van der Waals surface area contributed by atoms with Gasteiger partial charge in [0.15, 0.2) is 0 Å². The van der Waals surface area contributed by atoms with Crippen molar-refractivity contribution in [3.8, 4) is 12.3 Å². The molecule has 1 aromatic rings. The first-order valence-electron chi connectivity index (χ1n) is 7.10. The number of likely N-dealkylation sites (tertiary alicyclic amines) is 1. The van der Waals surface area contributed by atoms with Gasteiger partial charge in [0.25, 0.3) is 0 Å². The molecule has 1 aliphatic rings. The van der Waals surface area contributed by atoms with Crippen LogP contribution in [0.3, 0.4) is 0 Å². The van der Waals surface area contributed by atoms with E-state index in [1.54, 1.807) is 11.3 Å². The van der Waals surface area contributed by atoms with Gasteiger partial charge in [-0.2, -0.15) is 0 Å². The molecule has 1 aliphatic heterocycles. The molecule has 0 N–H and O–H groups in total. The summed E-state index contributed by atoms with van der Waals surface area (Å²) < 4.78 is 0. The summed E-state index contributed by atoms with van der Waals surface area (Å²) in [6, 6.07) is 5.11. The van der Waals surface area contributed by atoms with Gasteiger partial charge in [-0.25, -0.2) is 0 Å². The lowest BCUT2D eigenvalue weighted by molar-refractivity contribution is -0.130. The summed E-state index contributed by atoms with van der Waals surface area (Å²) in [4.78, 5) is 17.6. The van der Waals surface area contributed by atoms with Gasteiger partial charge < -0.3 is 4.90 Å². The van der Waals surface area contributed by atoms with Gasteiger partial charge in [0.1, 0.15) is 0 Å². The predicted molar refractivity (Wildman–Crippen MR) is 83.5 cm³/mol. The third-order valence-electron chi connectivity index (χ3n) is 4.20. The molecule has 4 heteroatoms. The van der Waals surface area contributed by atoms with E-state index >= 15 is 0 Å². The van der Waals surface area contributed by atoms with Crippen LogP contribution < -0.4 is 0 Å². The third kappa shape index (κ3) is 3.41. The monoisotopic (exact) mass is 290 g/mol. The second-order valence-corrected chi connectivity index (χ2v) is 6.34. The molecule has 2 rings (SSSR count). The summed E-state index contributed by atoms with van der Waals surface area (Å²) in [5.74, 6) is 2.77. The highest BCUT2D eigenvalue weighted by Crippen LogP contribution is 2.28. The van der Waals surface area contributed by atoms with Crippen molar-refractivity contribution in [2.45, 2.75) is 38.3 Å². The van der Waals surface area contributed by atoms with Gasteiger partial charge in [0, 0.05) is 29.9 Å². The maximum absolute atomic E-state index is 12.0. The molecule has 0 saturated carbocycles. The number of amides is 1. The number of hydrogen-bond donors (Lipinski definition) is 0. The van der Waals surface area contributed by atoms with Gasteiger partial charge in [-0.1, -0.05) is 12.0 Å². The average Bonchev–Trinajstić information content (AvgIpc) is 2.92. The Kier molecular flexibility index (Phi) is 5.22. The fraction of sp³-hybridized carbons (Fsp3) is 0.562. The lowest BCUT2D eigenvalue weighted by Gasteiger charge is -2.32. The van der Waals surface area contributed by atoms with Crippen molar-refractivity contribution in [1.82, 2.24) is 9.80 Å². The van der Waals surface area contributed by atoms with Gasteiger partial charge >= 0.3 is 0 Å². The van der Waals surface area contributed by atoms with Crippen LogP contribution in [0.15, 0.2) is 17.5 Å². The second-order valence-electron chi connectivity index (χ2n) is 5.36. The van der Waals surface area contributed by atoms with Crippen molar-refractivity contribution in [3.63, 3.8) is 0 Å². The van der Waals surface area contributed by atoms with E-state index < -0.39 is 0 Å². The minimum absolute atomic E-state index is 0.197. The maximum Gasteiger partial charge on any atom is 0.223 e. The number of carbonyl (C=O) groups is 1. The lowest BCUT2D eigenvalue weighted by Crippen LogP contribution is -2.35. The van der Waals surface area contributed by atoms with Crippen molar-refractivity contribution in [1.29, 1.82) is 0 Å². The van der Waals surface area contributed by atoms with Crippen molar-refractivity contribution in [2.75, 3.05) is 20.1 Å². The van der Waals surface area contributed by atoms with Crippen LogP contribution in [0.5, 0.6) is 0 Å². The molecule has 1 fully saturated rings. The van der Waals surface area contributed by atoms with Crippen molar-refractivity contribution in [2.24, 2.45) is 0 Å². The Balaban J connectivity index is 1.99. The summed E-state index contributed by atoms with van der Waals surface area (Å²) in [7, 11) is 2.16. The number of carbonyl (C=O) groups excluding carboxylic acids is 1. The quantitative estimate of drug-likeness (QED) is 0.796. The molecule has 20 heavy (non-hydrogen) atoms. The molecule has 0 spiro atoms. The molecule has 3 nitrogen and oxygen atoms in total. The standard InChI is InChI=1S/C16H22N2OS/c1-4-10-18-11-9-14(7-8-16(18)19)17(3)13(2)15-6-5-12-20-15/h1,5-6,12-14H,7-11H2,2-3H3. The fourth-order valence-corrected chi connectivity index (χ4v) is 3.59. The van der Waals surface area contributed by atoms with Crippen LogP contribution in [0, 0.1) is 12.3 Å². The van der Waals surface area contributed by atoms with Crippen molar-refractivity contribution < 1.29 is 4.79 Å². The van der Waals surface area contributed by atoms with Crippen molar-refractivity contribution in [3.05, 3.63) is 22.4 Å². The molecule has 2 atom stereocenters. The van der Waals surface area contributed by atoms with E-state index in [1.807, 2.05) is 4.90 Å². The Bertz CT molecular complexity index is 477. The van der Waals surface area contributed by atoms with Crippen LogP contribution in [0.4, 0.5) is 0 Å². The number of nitrogens with zero attached hydrogens (tertiary/aromatic N) is 2. The maximum atomic E-state index is 12.0. The molecular formula is C16H22N2OS. The Labute approximate surface area is 125 Å². The smallest absolute Gasteiger partial charge is 0.223 e. The summed E-state index contributed by atoms with van der Waals surface area (Å²) >= 11 is 1.79. The molecule has 2 unspecified atom stereocenters. The minimum atomic E-state index is 0.197. The first-order valence-corrected chi connectivity index (χ1v) is 7.98. The Morgan fingerprint density at radius 3 is 3.05 bits per heavy atom. The van der Waals surface area contributed by atoms with E-state index in [2.05, 4.69) is 42.3 Å². The molecule has 0 aromatic carbocycles. The Hall–Kier alpha value is -1.31. The number of thiophene rings is 1. The molecule has 0 aliphatic carbocycles. The van der Waals surface area contributed by atoms with Crippen LogP contribution in [-0.2, 0) is 4.79 Å². The van der Waals surface area contributed by atoms with E-state index in [1.165, 1.54) is 4.88 Å². The largest absolute Gasteiger partial charge is 0.332 e. The van der Waals surface area contributed by atoms with Crippen LogP contribution in [0.2, 0.25) is 0 Å². The minimum Gasteiger partial charge on any atom is -0.332 e. The summed E-state index contributed by atoms with van der Waals surface area (Å²) in [5, 5.41) is 2.12. The molecule has 108 valence electrons. The summed E-state index contributed by atoms with van der Waals surface area (Å²) in [6.07, 6.45) is 7.85. The first kappa shape index (κ1) is 15.1. The van der Waals surface area contributed by atoms with Gasteiger partial charge in [-0.05, 0) is 38.3 Å². The van der Waals surface area contributed by atoms with Gasteiger partial charge in [0.2, 0.25) is 5.91 Å². The second kappa shape index (κ2) is 6.92.